The first kappa shape index (κ1) is 23.4. The fourth-order valence-corrected chi connectivity index (χ4v) is 4.24. The van der Waals surface area contributed by atoms with Gasteiger partial charge in [-0.05, 0) is 30.7 Å². The number of esters is 1. The van der Waals surface area contributed by atoms with E-state index in [0.29, 0.717) is 12.2 Å². The third kappa shape index (κ3) is 4.79. The van der Waals surface area contributed by atoms with Crippen LogP contribution >= 0.6 is 0 Å². The number of carbonyl (C=O) groups is 4. The van der Waals surface area contributed by atoms with Crippen molar-refractivity contribution in [2.45, 2.75) is 31.7 Å². The van der Waals surface area contributed by atoms with Gasteiger partial charge in [0.2, 0.25) is 11.8 Å². The Labute approximate surface area is 197 Å². The van der Waals surface area contributed by atoms with Crippen molar-refractivity contribution in [3.05, 3.63) is 71.3 Å². The monoisotopic (exact) mass is 465 g/mol. The van der Waals surface area contributed by atoms with Gasteiger partial charge in [-0.1, -0.05) is 36.4 Å². The maximum Gasteiger partial charge on any atom is 0.337 e. The number of nitrogens with zero attached hydrogens (tertiary/aromatic N) is 2. The highest BCUT2D eigenvalue weighted by Crippen LogP contribution is 2.21. The molecule has 2 heterocycles. The predicted octanol–water partition coefficient (Wildman–Crippen LogP) is 1.23. The van der Waals surface area contributed by atoms with Crippen molar-refractivity contribution >= 4 is 23.7 Å². The highest BCUT2D eigenvalue weighted by Gasteiger charge is 2.46. The minimum atomic E-state index is -0.786. The molecule has 2 saturated heterocycles. The summed E-state index contributed by atoms with van der Waals surface area (Å²) in [5.41, 5.74) is 1.56. The van der Waals surface area contributed by atoms with Crippen LogP contribution in [0.3, 0.4) is 0 Å². The van der Waals surface area contributed by atoms with Gasteiger partial charge in [-0.2, -0.15) is 0 Å². The van der Waals surface area contributed by atoms with Crippen LogP contribution in [0.5, 0.6) is 0 Å². The second-order valence-corrected chi connectivity index (χ2v) is 8.36. The van der Waals surface area contributed by atoms with Crippen LogP contribution in [0.15, 0.2) is 54.6 Å². The zero-order valence-electron chi connectivity index (χ0n) is 19.1. The van der Waals surface area contributed by atoms with E-state index in [1.807, 2.05) is 30.3 Å². The molecule has 2 aromatic rings. The maximum atomic E-state index is 13.1. The first-order valence-electron chi connectivity index (χ1n) is 11.1. The standard InChI is InChI=1S/C25H27N3O6/c1-16(34-15-17-7-4-3-5-8-17)21-24(31)28-12-11-27(14-20(28)22(29)26-21)23(30)18-9-6-10-19(13-18)25(32)33-2/h3-10,13,16,20-21H,11-12,14-15H2,1-2H3,(H,26,29)/t16-,20+,21+/m0/s1. The lowest BCUT2D eigenvalue weighted by Crippen LogP contribution is -2.71. The molecule has 9 heteroatoms. The number of benzene rings is 2. The molecule has 2 aliphatic heterocycles. The molecule has 2 aromatic carbocycles. The lowest BCUT2D eigenvalue weighted by Gasteiger charge is -2.46. The summed E-state index contributed by atoms with van der Waals surface area (Å²) < 4.78 is 10.6. The summed E-state index contributed by atoms with van der Waals surface area (Å²) in [5.74, 6) is -1.38. The Kier molecular flexibility index (Phi) is 6.93. The number of methoxy groups -OCH3 is 1. The van der Waals surface area contributed by atoms with E-state index < -0.39 is 24.2 Å². The van der Waals surface area contributed by atoms with E-state index >= 15 is 0 Å². The predicted molar refractivity (Wildman–Crippen MR) is 122 cm³/mol. The summed E-state index contributed by atoms with van der Waals surface area (Å²) in [4.78, 5) is 53.9. The van der Waals surface area contributed by atoms with Gasteiger partial charge in [0.25, 0.3) is 5.91 Å². The van der Waals surface area contributed by atoms with Crippen molar-refractivity contribution in [3.63, 3.8) is 0 Å². The molecule has 2 fully saturated rings. The van der Waals surface area contributed by atoms with Crippen LogP contribution in [-0.2, 0) is 25.7 Å². The SMILES string of the molecule is COC(=O)c1cccc(C(=O)N2CCN3C(=O)[C@@H]([C@H](C)OCc4ccccc4)NC(=O)[C@H]3C2)c1. The molecule has 178 valence electrons. The molecule has 3 amide bonds. The molecule has 4 rings (SSSR count). The quantitative estimate of drug-likeness (QED) is 0.644. The Morgan fingerprint density at radius 3 is 2.53 bits per heavy atom. The molecule has 9 nitrogen and oxygen atoms in total. The lowest BCUT2D eigenvalue weighted by atomic mass is 10.0. The smallest absolute Gasteiger partial charge is 0.337 e. The minimum Gasteiger partial charge on any atom is -0.465 e. The normalized spacial score (nSPS) is 20.9. The summed E-state index contributed by atoms with van der Waals surface area (Å²) in [5, 5.41) is 2.78. The van der Waals surface area contributed by atoms with E-state index in [1.54, 1.807) is 25.1 Å². The number of rotatable bonds is 6. The minimum absolute atomic E-state index is 0.0742. The second kappa shape index (κ2) is 10.0. The Bertz CT molecular complexity index is 1090. The van der Waals surface area contributed by atoms with Crippen LogP contribution in [0, 0.1) is 0 Å². The van der Waals surface area contributed by atoms with E-state index in [4.69, 9.17) is 9.47 Å². The third-order valence-corrected chi connectivity index (χ3v) is 6.17. The zero-order chi connectivity index (χ0) is 24.2. The van der Waals surface area contributed by atoms with E-state index in [9.17, 15) is 19.2 Å². The van der Waals surface area contributed by atoms with E-state index in [0.717, 1.165) is 5.56 Å². The number of amides is 3. The highest BCUT2D eigenvalue weighted by molar-refractivity contribution is 6.00. The molecule has 0 bridgehead atoms. The number of hydrogen-bond donors (Lipinski definition) is 1. The Hall–Kier alpha value is -3.72. The number of piperazine rings is 2. The van der Waals surface area contributed by atoms with Gasteiger partial charge in [0, 0.05) is 18.7 Å². The Morgan fingerprint density at radius 1 is 1.06 bits per heavy atom. The molecule has 34 heavy (non-hydrogen) atoms. The van der Waals surface area contributed by atoms with Crippen LogP contribution in [-0.4, -0.2) is 78.4 Å². The van der Waals surface area contributed by atoms with Gasteiger partial charge < -0.3 is 24.6 Å². The van der Waals surface area contributed by atoms with Crippen molar-refractivity contribution < 1.29 is 28.7 Å². The summed E-state index contributed by atoms with van der Waals surface area (Å²) in [6, 6.07) is 14.3. The zero-order valence-corrected chi connectivity index (χ0v) is 19.1. The fourth-order valence-electron chi connectivity index (χ4n) is 4.24. The Balaban J connectivity index is 1.40. The average Bonchev–Trinajstić information content (AvgIpc) is 2.88. The second-order valence-electron chi connectivity index (χ2n) is 8.36. The third-order valence-electron chi connectivity index (χ3n) is 6.17. The fraction of sp³-hybridized carbons (Fsp3) is 0.360. The van der Waals surface area contributed by atoms with Gasteiger partial charge in [-0.3, -0.25) is 14.4 Å². The highest BCUT2D eigenvalue weighted by atomic mass is 16.5. The van der Waals surface area contributed by atoms with Crippen LogP contribution in [0.1, 0.15) is 33.2 Å². The van der Waals surface area contributed by atoms with Crippen LogP contribution < -0.4 is 5.32 Å². The van der Waals surface area contributed by atoms with Gasteiger partial charge in [-0.25, -0.2) is 4.79 Å². The lowest BCUT2D eigenvalue weighted by molar-refractivity contribution is -0.156. The van der Waals surface area contributed by atoms with Gasteiger partial charge in [-0.15, -0.1) is 0 Å². The van der Waals surface area contributed by atoms with E-state index in [1.165, 1.54) is 23.0 Å². The summed E-state index contributed by atoms with van der Waals surface area (Å²) in [6.45, 7) is 2.69. The molecular formula is C25H27N3O6. The molecule has 0 radical (unpaired) electrons. The van der Waals surface area contributed by atoms with Crippen molar-refractivity contribution in [2.24, 2.45) is 0 Å². The van der Waals surface area contributed by atoms with Crippen LogP contribution in [0.2, 0.25) is 0 Å². The number of carbonyl (C=O) groups excluding carboxylic acids is 4. The molecule has 0 spiro atoms. The largest absolute Gasteiger partial charge is 0.465 e. The Morgan fingerprint density at radius 2 is 1.79 bits per heavy atom. The number of fused-ring (bicyclic) bond motifs is 1. The van der Waals surface area contributed by atoms with Crippen LogP contribution in [0.25, 0.3) is 0 Å². The first-order chi connectivity index (χ1) is 16.4. The molecule has 0 saturated carbocycles. The van der Waals surface area contributed by atoms with Crippen molar-refractivity contribution in [1.29, 1.82) is 0 Å². The summed E-state index contributed by atoms with van der Waals surface area (Å²) >= 11 is 0. The van der Waals surface area contributed by atoms with Crippen molar-refractivity contribution in [1.82, 2.24) is 15.1 Å². The topological polar surface area (TPSA) is 105 Å². The van der Waals surface area contributed by atoms with Gasteiger partial charge in [0.1, 0.15) is 12.1 Å². The summed E-state index contributed by atoms with van der Waals surface area (Å²) in [7, 11) is 1.27. The van der Waals surface area contributed by atoms with Gasteiger partial charge in [0.15, 0.2) is 0 Å². The molecule has 3 atom stereocenters. The molecule has 0 unspecified atom stereocenters. The number of nitrogens with one attached hydrogen (secondary N) is 1. The number of hydrogen-bond acceptors (Lipinski definition) is 6. The van der Waals surface area contributed by atoms with Gasteiger partial charge in [0.05, 0.1) is 31.9 Å². The molecule has 0 aliphatic carbocycles. The molecule has 1 N–H and O–H groups in total. The number of ether oxygens (including phenoxy) is 2. The van der Waals surface area contributed by atoms with Crippen LogP contribution in [0.4, 0.5) is 0 Å². The summed E-state index contributed by atoms with van der Waals surface area (Å²) in [6.07, 6.45) is -0.515. The average molecular weight is 466 g/mol. The molecule has 2 aliphatic rings. The van der Waals surface area contributed by atoms with Crippen molar-refractivity contribution in [2.75, 3.05) is 26.7 Å². The maximum absolute atomic E-state index is 13.1. The van der Waals surface area contributed by atoms with Crippen molar-refractivity contribution in [3.8, 4) is 0 Å². The van der Waals surface area contributed by atoms with E-state index in [2.05, 4.69) is 5.32 Å². The molecular weight excluding hydrogens is 438 g/mol. The molecule has 0 aromatic heterocycles. The van der Waals surface area contributed by atoms with Gasteiger partial charge >= 0.3 is 5.97 Å². The van der Waals surface area contributed by atoms with E-state index in [-0.39, 0.29) is 42.9 Å². The first-order valence-corrected chi connectivity index (χ1v) is 11.1.